The van der Waals surface area contributed by atoms with E-state index in [1.54, 1.807) is 0 Å². The Kier molecular flexibility index (Phi) is 5.16. The van der Waals surface area contributed by atoms with Crippen LogP contribution < -0.4 is 11.5 Å². The minimum Gasteiger partial charge on any atom is -0.481 e. The summed E-state index contributed by atoms with van der Waals surface area (Å²) >= 11 is 0. The van der Waals surface area contributed by atoms with Crippen molar-refractivity contribution in [2.75, 3.05) is 5.73 Å². The van der Waals surface area contributed by atoms with E-state index in [0.717, 1.165) is 31.2 Å². The monoisotopic (exact) mass is 354 g/mol. The van der Waals surface area contributed by atoms with Crippen LogP contribution in [0.1, 0.15) is 54.1 Å². The van der Waals surface area contributed by atoms with Crippen LogP contribution >= 0.6 is 0 Å². The predicted octanol–water partition coefficient (Wildman–Crippen LogP) is 2.57. The molecule has 7 nitrogen and oxygen atoms in total. The molecule has 3 rings (SSSR count). The zero-order valence-electron chi connectivity index (χ0n) is 14.4. The number of amides is 1. The van der Waals surface area contributed by atoms with E-state index < -0.39 is 11.9 Å². The van der Waals surface area contributed by atoms with Gasteiger partial charge in [-0.1, -0.05) is 24.3 Å². The molecule has 1 aromatic heterocycles. The summed E-state index contributed by atoms with van der Waals surface area (Å²) in [6, 6.07) is 8.01. The molecule has 5 N–H and O–H groups in total. The van der Waals surface area contributed by atoms with Crippen molar-refractivity contribution in [1.29, 1.82) is 0 Å². The molecule has 1 saturated carbocycles. The largest absolute Gasteiger partial charge is 0.481 e. The van der Waals surface area contributed by atoms with Crippen LogP contribution in [0.25, 0.3) is 11.3 Å². The highest BCUT2D eigenvalue weighted by atomic mass is 16.4. The number of nitrogens with zero attached hydrogens (tertiary/aromatic N) is 2. The zero-order valence-corrected chi connectivity index (χ0v) is 14.4. The second-order valence-corrected chi connectivity index (χ2v) is 6.79. The summed E-state index contributed by atoms with van der Waals surface area (Å²) in [6.07, 6.45) is 5.70. The Balaban J connectivity index is 1.71. The van der Waals surface area contributed by atoms with Gasteiger partial charge in [0, 0.05) is 12.0 Å². The van der Waals surface area contributed by atoms with E-state index in [1.165, 1.54) is 11.8 Å². The molecule has 2 aromatic rings. The number of nitrogens with two attached hydrogens (primary N) is 2. The number of anilines is 1. The predicted molar refractivity (Wildman–Crippen MR) is 97.4 cm³/mol. The van der Waals surface area contributed by atoms with Gasteiger partial charge in [0.2, 0.25) is 0 Å². The number of nitrogen functional groups attached to an aromatic ring is 1. The van der Waals surface area contributed by atoms with Crippen LogP contribution in [0.15, 0.2) is 30.5 Å². The van der Waals surface area contributed by atoms with Crippen LogP contribution in [-0.4, -0.2) is 27.0 Å². The SMILES string of the molecule is NC(=O)c1nc(-c2ccc(C3CCC(CC(=O)O)CC3)cc2)cnc1N. The molecule has 0 radical (unpaired) electrons. The fourth-order valence-electron chi connectivity index (χ4n) is 3.59. The summed E-state index contributed by atoms with van der Waals surface area (Å²) < 4.78 is 0. The lowest BCUT2D eigenvalue weighted by Crippen LogP contribution is -2.17. The molecule has 0 bridgehead atoms. The third kappa shape index (κ3) is 3.99. The van der Waals surface area contributed by atoms with Crippen molar-refractivity contribution in [3.05, 3.63) is 41.7 Å². The lowest BCUT2D eigenvalue weighted by Gasteiger charge is -2.28. The first-order valence-corrected chi connectivity index (χ1v) is 8.68. The Bertz CT molecular complexity index is 812. The van der Waals surface area contributed by atoms with Gasteiger partial charge in [-0.05, 0) is 43.1 Å². The normalized spacial score (nSPS) is 19.8. The van der Waals surface area contributed by atoms with Gasteiger partial charge in [0.1, 0.15) is 0 Å². The highest BCUT2D eigenvalue weighted by Gasteiger charge is 2.24. The number of hydrogen-bond acceptors (Lipinski definition) is 5. The molecule has 1 heterocycles. The molecule has 0 atom stereocenters. The topological polar surface area (TPSA) is 132 Å². The summed E-state index contributed by atoms with van der Waals surface area (Å²) in [5.74, 6) is -0.645. The number of aliphatic carboxylic acids is 1. The van der Waals surface area contributed by atoms with Crippen LogP contribution in [0.4, 0.5) is 5.82 Å². The van der Waals surface area contributed by atoms with Gasteiger partial charge in [-0.15, -0.1) is 0 Å². The third-order valence-corrected chi connectivity index (χ3v) is 5.02. The maximum absolute atomic E-state index is 11.4. The molecule has 1 aliphatic carbocycles. The van der Waals surface area contributed by atoms with Gasteiger partial charge in [0.05, 0.1) is 11.9 Å². The fourth-order valence-corrected chi connectivity index (χ4v) is 3.59. The Morgan fingerprint density at radius 2 is 1.77 bits per heavy atom. The van der Waals surface area contributed by atoms with E-state index in [9.17, 15) is 9.59 Å². The maximum Gasteiger partial charge on any atom is 0.303 e. The van der Waals surface area contributed by atoms with Crippen LogP contribution in [0.5, 0.6) is 0 Å². The molecule has 26 heavy (non-hydrogen) atoms. The molecule has 0 aliphatic heterocycles. The van der Waals surface area contributed by atoms with Crippen molar-refractivity contribution in [2.45, 2.75) is 38.0 Å². The second-order valence-electron chi connectivity index (χ2n) is 6.79. The van der Waals surface area contributed by atoms with Gasteiger partial charge in [-0.3, -0.25) is 9.59 Å². The summed E-state index contributed by atoms with van der Waals surface area (Å²) in [7, 11) is 0. The highest BCUT2D eigenvalue weighted by Crippen LogP contribution is 2.37. The van der Waals surface area contributed by atoms with E-state index in [0.29, 0.717) is 17.5 Å². The van der Waals surface area contributed by atoms with Gasteiger partial charge in [-0.25, -0.2) is 9.97 Å². The maximum atomic E-state index is 11.4. The quantitative estimate of drug-likeness (QED) is 0.756. The van der Waals surface area contributed by atoms with E-state index in [-0.39, 0.29) is 17.9 Å². The van der Waals surface area contributed by atoms with Gasteiger partial charge in [0.15, 0.2) is 11.5 Å². The number of carboxylic acids is 1. The van der Waals surface area contributed by atoms with Crippen LogP contribution in [-0.2, 0) is 4.79 Å². The third-order valence-electron chi connectivity index (χ3n) is 5.02. The molecule has 1 amide bonds. The van der Waals surface area contributed by atoms with Crippen molar-refractivity contribution in [1.82, 2.24) is 9.97 Å². The lowest BCUT2D eigenvalue weighted by molar-refractivity contribution is -0.138. The summed E-state index contributed by atoms with van der Waals surface area (Å²) in [6.45, 7) is 0. The fraction of sp³-hybridized carbons (Fsp3) is 0.368. The van der Waals surface area contributed by atoms with Gasteiger partial charge in [-0.2, -0.15) is 0 Å². The number of hydrogen-bond donors (Lipinski definition) is 3. The van der Waals surface area contributed by atoms with Crippen molar-refractivity contribution in [2.24, 2.45) is 11.7 Å². The molecular weight excluding hydrogens is 332 g/mol. The van der Waals surface area contributed by atoms with Crippen LogP contribution in [0, 0.1) is 5.92 Å². The highest BCUT2D eigenvalue weighted by molar-refractivity contribution is 5.95. The molecule has 1 fully saturated rings. The van der Waals surface area contributed by atoms with Gasteiger partial charge in [0.25, 0.3) is 5.91 Å². The first-order chi connectivity index (χ1) is 12.4. The first kappa shape index (κ1) is 17.8. The Morgan fingerprint density at radius 3 is 2.35 bits per heavy atom. The standard InChI is InChI=1S/C19H22N4O3/c20-18-17(19(21)26)23-15(10-22-18)14-7-5-13(6-8-14)12-3-1-11(2-4-12)9-16(24)25/h5-8,10-12H,1-4,9H2,(H2,20,22)(H2,21,26)(H,24,25). The summed E-state index contributed by atoms with van der Waals surface area (Å²) in [5, 5.41) is 8.91. The minimum atomic E-state index is -0.710. The molecule has 0 spiro atoms. The van der Waals surface area contributed by atoms with E-state index in [2.05, 4.69) is 22.1 Å². The van der Waals surface area contributed by atoms with E-state index >= 15 is 0 Å². The van der Waals surface area contributed by atoms with E-state index in [1.807, 2.05) is 12.1 Å². The number of carbonyl (C=O) groups is 2. The number of aromatic nitrogens is 2. The van der Waals surface area contributed by atoms with Gasteiger partial charge >= 0.3 is 5.97 Å². The van der Waals surface area contributed by atoms with Gasteiger partial charge < -0.3 is 16.6 Å². The van der Waals surface area contributed by atoms with Crippen molar-refractivity contribution in [3.8, 4) is 11.3 Å². The number of primary amides is 1. The molecule has 136 valence electrons. The lowest BCUT2D eigenvalue weighted by atomic mass is 9.77. The smallest absolute Gasteiger partial charge is 0.303 e. The number of rotatable bonds is 5. The van der Waals surface area contributed by atoms with Crippen molar-refractivity contribution < 1.29 is 14.7 Å². The molecule has 0 unspecified atom stereocenters. The molecule has 7 heteroatoms. The molecular formula is C19H22N4O3. The van der Waals surface area contributed by atoms with Crippen molar-refractivity contribution >= 4 is 17.7 Å². The summed E-state index contributed by atoms with van der Waals surface area (Å²) in [5.41, 5.74) is 13.5. The number of benzene rings is 1. The number of carboxylic acid groups (broad SMARTS) is 1. The number of carbonyl (C=O) groups excluding carboxylic acids is 1. The Hall–Kier alpha value is -2.96. The average Bonchev–Trinajstić information content (AvgIpc) is 2.62. The average molecular weight is 354 g/mol. The van der Waals surface area contributed by atoms with Crippen molar-refractivity contribution in [3.63, 3.8) is 0 Å². The molecule has 0 saturated heterocycles. The molecule has 1 aliphatic rings. The van der Waals surface area contributed by atoms with Crippen LogP contribution in [0.3, 0.4) is 0 Å². The molecule has 1 aromatic carbocycles. The first-order valence-electron chi connectivity index (χ1n) is 8.68. The van der Waals surface area contributed by atoms with E-state index in [4.69, 9.17) is 16.6 Å². The minimum absolute atomic E-state index is 0.0241. The second kappa shape index (κ2) is 7.51. The zero-order chi connectivity index (χ0) is 18.7. The van der Waals surface area contributed by atoms with Crippen LogP contribution in [0.2, 0.25) is 0 Å². The summed E-state index contributed by atoms with van der Waals surface area (Å²) in [4.78, 5) is 30.4. The Labute approximate surface area is 151 Å². The Morgan fingerprint density at radius 1 is 1.12 bits per heavy atom.